The van der Waals surface area contributed by atoms with Crippen molar-refractivity contribution in [2.45, 2.75) is 0 Å². The Labute approximate surface area is 144 Å². The van der Waals surface area contributed by atoms with Gasteiger partial charge in [-0.1, -0.05) is 6.07 Å². The van der Waals surface area contributed by atoms with Gasteiger partial charge >= 0.3 is 5.97 Å². The summed E-state index contributed by atoms with van der Waals surface area (Å²) in [7, 11) is 0. The molecule has 0 aliphatic heterocycles. The molecular formula is C15H11BrN2O6. The molecule has 0 bridgehead atoms. The Kier molecular flexibility index (Phi) is 5.48. The molecule has 0 aliphatic rings. The predicted octanol–water partition coefficient (Wildman–Crippen LogP) is 2.86. The van der Waals surface area contributed by atoms with E-state index in [2.05, 4.69) is 21.2 Å². The molecule has 2 N–H and O–H groups in total. The summed E-state index contributed by atoms with van der Waals surface area (Å²) in [5, 5.41) is 22.4. The molecule has 0 aromatic heterocycles. The van der Waals surface area contributed by atoms with E-state index in [0.29, 0.717) is 10.2 Å². The van der Waals surface area contributed by atoms with Crippen LogP contribution in [0, 0.1) is 10.1 Å². The minimum atomic E-state index is -0.760. The van der Waals surface area contributed by atoms with E-state index in [4.69, 9.17) is 4.74 Å². The van der Waals surface area contributed by atoms with Gasteiger partial charge in [0, 0.05) is 16.6 Å². The topological polar surface area (TPSA) is 119 Å². The number of non-ortho nitro benzene ring substituents is 1. The highest BCUT2D eigenvalue weighted by Crippen LogP contribution is 2.27. The zero-order chi connectivity index (χ0) is 17.7. The number of esters is 1. The second-order valence-corrected chi connectivity index (χ2v) is 5.45. The number of ether oxygens (including phenoxy) is 1. The summed E-state index contributed by atoms with van der Waals surface area (Å²) < 4.78 is 5.16. The Bertz CT molecular complexity index is 808. The van der Waals surface area contributed by atoms with Crippen molar-refractivity contribution in [2.24, 2.45) is 0 Å². The summed E-state index contributed by atoms with van der Waals surface area (Å²) in [5.41, 5.74) is 0.286. The summed E-state index contributed by atoms with van der Waals surface area (Å²) in [5.74, 6) is -1.47. The van der Waals surface area contributed by atoms with Crippen LogP contribution in [0.4, 0.5) is 11.4 Å². The van der Waals surface area contributed by atoms with Gasteiger partial charge in [0.2, 0.25) is 0 Å². The summed E-state index contributed by atoms with van der Waals surface area (Å²) in [6.07, 6.45) is 0. The molecule has 0 aliphatic carbocycles. The normalized spacial score (nSPS) is 10.0. The first-order chi connectivity index (χ1) is 11.4. The average molecular weight is 395 g/mol. The Hall–Kier alpha value is -2.94. The highest BCUT2D eigenvalue weighted by atomic mass is 79.9. The van der Waals surface area contributed by atoms with Crippen LogP contribution in [0.15, 0.2) is 46.9 Å². The van der Waals surface area contributed by atoms with Crippen molar-refractivity contribution in [3.63, 3.8) is 0 Å². The SMILES string of the molecule is O=C(COC(=O)c1cccc(O)c1)Nc1ccc([N+](=O)[O-])cc1Br. The van der Waals surface area contributed by atoms with Gasteiger partial charge in [-0.05, 0) is 40.2 Å². The molecule has 0 spiro atoms. The van der Waals surface area contributed by atoms with E-state index in [1.807, 2.05) is 0 Å². The van der Waals surface area contributed by atoms with Crippen LogP contribution in [0.1, 0.15) is 10.4 Å². The van der Waals surface area contributed by atoms with E-state index >= 15 is 0 Å². The lowest BCUT2D eigenvalue weighted by molar-refractivity contribution is -0.384. The largest absolute Gasteiger partial charge is 0.508 e. The van der Waals surface area contributed by atoms with E-state index < -0.39 is 23.4 Å². The summed E-state index contributed by atoms with van der Waals surface area (Å²) in [4.78, 5) is 33.6. The molecule has 0 unspecified atom stereocenters. The molecule has 0 fully saturated rings. The molecular weight excluding hydrogens is 384 g/mol. The lowest BCUT2D eigenvalue weighted by Gasteiger charge is -2.08. The summed E-state index contributed by atoms with van der Waals surface area (Å²) in [6.45, 7) is -0.544. The number of hydrogen-bond donors (Lipinski definition) is 2. The number of phenolic OH excluding ortho intramolecular Hbond substituents is 1. The number of carbonyl (C=O) groups excluding carboxylic acids is 2. The molecule has 0 saturated heterocycles. The molecule has 1 amide bonds. The number of phenols is 1. The van der Waals surface area contributed by atoms with Crippen LogP contribution >= 0.6 is 15.9 Å². The molecule has 2 aromatic rings. The average Bonchev–Trinajstić information content (AvgIpc) is 2.54. The number of nitrogens with zero attached hydrogens (tertiary/aromatic N) is 1. The fourth-order valence-electron chi connectivity index (χ4n) is 1.75. The van der Waals surface area contributed by atoms with Gasteiger partial charge in [0.1, 0.15) is 5.75 Å². The molecule has 2 rings (SSSR count). The lowest BCUT2D eigenvalue weighted by Crippen LogP contribution is -2.21. The van der Waals surface area contributed by atoms with E-state index in [1.165, 1.54) is 42.5 Å². The fourth-order valence-corrected chi connectivity index (χ4v) is 2.22. The molecule has 0 saturated carbocycles. The quantitative estimate of drug-likeness (QED) is 0.457. The maximum absolute atomic E-state index is 11.8. The van der Waals surface area contributed by atoms with Crippen LogP contribution < -0.4 is 5.32 Å². The van der Waals surface area contributed by atoms with Crippen LogP contribution in [-0.4, -0.2) is 28.5 Å². The number of nitrogens with one attached hydrogen (secondary N) is 1. The maximum atomic E-state index is 11.8. The molecule has 9 heteroatoms. The number of anilines is 1. The van der Waals surface area contributed by atoms with E-state index in [-0.39, 0.29) is 17.0 Å². The van der Waals surface area contributed by atoms with Gasteiger partial charge in [-0.2, -0.15) is 0 Å². The number of nitro groups is 1. The van der Waals surface area contributed by atoms with Gasteiger partial charge in [-0.3, -0.25) is 14.9 Å². The Morgan fingerprint density at radius 1 is 1.25 bits per heavy atom. The van der Waals surface area contributed by atoms with Crippen molar-refractivity contribution in [3.05, 3.63) is 62.6 Å². The second-order valence-electron chi connectivity index (χ2n) is 4.60. The molecule has 0 heterocycles. The van der Waals surface area contributed by atoms with Crippen molar-refractivity contribution < 1.29 is 24.4 Å². The van der Waals surface area contributed by atoms with Gasteiger partial charge in [-0.25, -0.2) is 4.79 Å². The van der Waals surface area contributed by atoms with Gasteiger partial charge in [-0.15, -0.1) is 0 Å². The van der Waals surface area contributed by atoms with Gasteiger partial charge in [0.25, 0.3) is 11.6 Å². The fraction of sp³-hybridized carbons (Fsp3) is 0.0667. The van der Waals surface area contributed by atoms with Crippen LogP contribution in [0.2, 0.25) is 0 Å². The Morgan fingerprint density at radius 3 is 2.62 bits per heavy atom. The molecule has 0 radical (unpaired) electrons. The smallest absolute Gasteiger partial charge is 0.338 e. The maximum Gasteiger partial charge on any atom is 0.338 e. The van der Waals surface area contributed by atoms with Gasteiger partial charge in [0.15, 0.2) is 6.61 Å². The van der Waals surface area contributed by atoms with Crippen LogP contribution in [0.3, 0.4) is 0 Å². The standard InChI is InChI=1S/C15H11BrN2O6/c16-12-7-10(18(22)23)4-5-13(12)17-14(20)8-24-15(21)9-2-1-3-11(19)6-9/h1-7,19H,8H2,(H,17,20). The number of nitro benzene ring substituents is 1. The van der Waals surface area contributed by atoms with Crippen molar-refractivity contribution >= 4 is 39.2 Å². The third-order valence-electron chi connectivity index (χ3n) is 2.85. The third-order valence-corrected chi connectivity index (χ3v) is 3.51. The van der Waals surface area contributed by atoms with Crippen LogP contribution in [0.5, 0.6) is 5.75 Å². The van der Waals surface area contributed by atoms with E-state index in [9.17, 15) is 24.8 Å². The highest BCUT2D eigenvalue weighted by molar-refractivity contribution is 9.10. The monoisotopic (exact) mass is 394 g/mol. The first-order valence-corrected chi connectivity index (χ1v) is 7.36. The number of halogens is 1. The van der Waals surface area contributed by atoms with Crippen molar-refractivity contribution in [3.8, 4) is 5.75 Å². The lowest BCUT2D eigenvalue weighted by atomic mass is 10.2. The number of benzene rings is 2. The minimum absolute atomic E-state index is 0.0938. The Morgan fingerprint density at radius 2 is 2.00 bits per heavy atom. The highest BCUT2D eigenvalue weighted by Gasteiger charge is 2.14. The Balaban J connectivity index is 1.94. The summed E-state index contributed by atoms with van der Waals surface area (Å²) in [6, 6.07) is 9.36. The number of hydrogen-bond acceptors (Lipinski definition) is 6. The number of rotatable bonds is 5. The first-order valence-electron chi connectivity index (χ1n) is 6.57. The van der Waals surface area contributed by atoms with Crippen LogP contribution in [0.25, 0.3) is 0 Å². The molecule has 24 heavy (non-hydrogen) atoms. The van der Waals surface area contributed by atoms with Crippen LogP contribution in [-0.2, 0) is 9.53 Å². The van der Waals surface area contributed by atoms with Crippen molar-refractivity contribution in [1.29, 1.82) is 0 Å². The first kappa shape index (κ1) is 17.4. The molecule has 0 atom stereocenters. The van der Waals surface area contributed by atoms with Crippen molar-refractivity contribution in [2.75, 3.05) is 11.9 Å². The summed E-state index contributed by atoms with van der Waals surface area (Å²) >= 11 is 3.11. The number of carbonyl (C=O) groups is 2. The molecule has 8 nitrogen and oxygen atoms in total. The number of aromatic hydroxyl groups is 1. The minimum Gasteiger partial charge on any atom is -0.508 e. The number of amides is 1. The van der Waals surface area contributed by atoms with Gasteiger partial charge in [0.05, 0.1) is 16.2 Å². The van der Waals surface area contributed by atoms with E-state index in [0.717, 1.165) is 0 Å². The van der Waals surface area contributed by atoms with E-state index in [1.54, 1.807) is 0 Å². The molecule has 124 valence electrons. The second kappa shape index (κ2) is 7.55. The zero-order valence-corrected chi connectivity index (χ0v) is 13.6. The predicted molar refractivity (Wildman–Crippen MR) is 87.8 cm³/mol. The third kappa shape index (κ3) is 4.53. The van der Waals surface area contributed by atoms with Crippen molar-refractivity contribution in [1.82, 2.24) is 0 Å². The zero-order valence-electron chi connectivity index (χ0n) is 12.1. The van der Waals surface area contributed by atoms with Gasteiger partial charge < -0.3 is 15.2 Å². The molecule has 2 aromatic carbocycles.